The summed E-state index contributed by atoms with van der Waals surface area (Å²) in [6.07, 6.45) is 5.26. The molecule has 94 valence electrons. The first-order chi connectivity index (χ1) is 7.63. The Kier molecular flexibility index (Phi) is 6.03. The molecule has 1 heterocycles. The third kappa shape index (κ3) is 4.64. The van der Waals surface area contributed by atoms with Gasteiger partial charge in [-0.3, -0.25) is 0 Å². The summed E-state index contributed by atoms with van der Waals surface area (Å²) in [5.41, 5.74) is 0. The van der Waals surface area contributed by atoms with Gasteiger partial charge in [-0.2, -0.15) is 0 Å². The largest absolute Gasteiger partial charge is 0.393 e. The maximum atomic E-state index is 9.81. The second kappa shape index (κ2) is 7.05. The van der Waals surface area contributed by atoms with Crippen molar-refractivity contribution in [1.29, 1.82) is 0 Å². The van der Waals surface area contributed by atoms with Crippen molar-refractivity contribution in [3.05, 3.63) is 12.7 Å². The molecule has 16 heavy (non-hydrogen) atoms. The lowest BCUT2D eigenvalue weighted by molar-refractivity contribution is 0.0363. The predicted molar refractivity (Wildman–Crippen MR) is 66.3 cm³/mol. The Bertz CT molecular complexity index is 206. The lowest BCUT2D eigenvalue weighted by Crippen LogP contribution is -2.42. The minimum atomic E-state index is -0.259. The van der Waals surface area contributed by atoms with E-state index in [9.17, 15) is 10.2 Å². The van der Waals surface area contributed by atoms with Gasteiger partial charge in [-0.15, -0.1) is 6.58 Å². The van der Waals surface area contributed by atoms with Gasteiger partial charge in [0.25, 0.3) is 0 Å². The molecule has 0 radical (unpaired) electrons. The second-order valence-electron chi connectivity index (χ2n) is 4.92. The zero-order valence-electron chi connectivity index (χ0n) is 10.3. The maximum absolute atomic E-state index is 9.81. The molecule has 0 saturated carbocycles. The van der Waals surface area contributed by atoms with Gasteiger partial charge in [0, 0.05) is 13.1 Å². The van der Waals surface area contributed by atoms with Gasteiger partial charge in [-0.25, -0.2) is 0 Å². The number of rotatable bonds is 6. The van der Waals surface area contributed by atoms with Crippen LogP contribution in [-0.4, -0.2) is 47.0 Å². The van der Waals surface area contributed by atoms with Gasteiger partial charge >= 0.3 is 0 Å². The molecule has 0 unspecified atom stereocenters. The molecule has 0 spiro atoms. The SMILES string of the molecule is C=CCC[C@H](O)CN1CCC[C@H]([C@H](C)O)C1. The number of hydrogen-bond donors (Lipinski definition) is 2. The highest BCUT2D eigenvalue weighted by molar-refractivity contribution is 4.78. The van der Waals surface area contributed by atoms with Gasteiger partial charge in [-0.05, 0) is 45.1 Å². The first kappa shape index (κ1) is 13.7. The molecule has 0 aromatic rings. The highest BCUT2D eigenvalue weighted by Gasteiger charge is 2.24. The van der Waals surface area contributed by atoms with Crippen LogP contribution in [-0.2, 0) is 0 Å². The summed E-state index contributed by atoms with van der Waals surface area (Å²) in [5, 5.41) is 19.4. The highest BCUT2D eigenvalue weighted by Crippen LogP contribution is 2.20. The van der Waals surface area contributed by atoms with E-state index in [1.54, 1.807) is 0 Å². The van der Waals surface area contributed by atoms with Crippen molar-refractivity contribution in [3.63, 3.8) is 0 Å². The number of hydrogen-bond acceptors (Lipinski definition) is 3. The smallest absolute Gasteiger partial charge is 0.0670 e. The van der Waals surface area contributed by atoms with E-state index in [0.717, 1.165) is 45.3 Å². The predicted octanol–water partition coefficient (Wildman–Crippen LogP) is 1.41. The Morgan fingerprint density at radius 2 is 2.25 bits per heavy atom. The molecule has 0 aromatic heterocycles. The van der Waals surface area contributed by atoms with Crippen LogP contribution in [0.1, 0.15) is 32.6 Å². The normalized spacial score (nSPS) is 26.3. The molecule has 1 aliphatic rings. The number of β-amino-alcohol motifs (C(OH)–C–C–N with tert-alkyl or cyclic N) is 1. The summed E-state index contributed by atoms with van der Waals surface area (Å²) in [7, 11) is 0. The van der Waals surface area contributed by atoms with E-state index in [1.807, 2.05) is 13.0 Å². The lowest BCUT2D eigenvalue weighted by atomic mass is 9.93. The van der Waals surface area contributed by atoms with Crippen molar-refractivity contribution in [2.75, 3.05) is 19.6 Å². The molecule has 1 aliphatic heterocycles. The lowest BCUT2D eigenvalue weighted by Gasteiger charge is -2.35. The van der Waals surface area contributed by atoms with Crippen molar-refractivity contribution >= 4 is 0 Å². The summed E-state index contributed by atoms with van der Waals surface area (Å²) < 4.78 is 0. The van der Waals surface area contributed by atoms with E-state index in [1.165, 1.54) is 0 Å². The number of piperidine rings is 1. The molecule has 3 atom stereocenters. The zero-order chi connectivity index (χ0) is 12.0. The number of aliphatic hydroxyl groups is 2. The fourth-order valence-electron chi connectivity index (χ4n) is 2.35. The molecule has 0 aliphatic carbocycles. The minimum absolute atomic E-state index is 0.229. The molecule has 1 rings (SSSR count). The Labute approximate surface area is 98.8 Å². The number of likely N-dealkylation sites (tertiary alicyclic amines) is 1. The zero-order valence-corrected chi connectivity index (χ0v) is 10.3. The van der Waals surface area contributed by atoms with E-state index in [4.69, 9.17) is 0 Å². The Balaban J connectivity index is 2.28. The van der Waals surface area contributed by atoms with Gasteiger partial charge in [0.2, 0.25) is 0 Å². The number of nitrogens with zero attached hydrogens (tertiary/aromatic N) is 1. The first-order valence-electron chi connectivity index (χ1n) is 6.33. The number of allylic oxidation sites excluding steroid dienone is 1. The average Bonchev–Trinajstić information content (AvgIpc) is 2.26. The van der Waals surface area contributed by atoms with Gasteiger partial charge in [-0.1, -0.05) is 6.08 Å². The van der Waals surface area contributed by atoms with Crippen LogP contribution in [0, 0.1) is 5.92 Å². The van der Waals surface area contributed by atoms with E-state index >= 15 is 0 Å². The van der Waals surface area contributed by atoms with Gasteiger partial charge < -0.3 is 15.1 Å². The monoisotopic (exact) mass is 227 g/mol. The van der Waals surface area contributed by atoms with Crippen LogP contribution < -0.4 is 0 Å². The maximum Gasteiger partial charge on any atom is 0.0670 e. The standard InChI is InChI=1S/C13H25NO2/c1-3-4-7-13(16)10-14-8-5-6-12(9-14)11(2)15/h3,11-13,15-16H,1,4-10H2,2H3/t11-,12-,13-/m0/s1. The molecule has 3 heteroatoms. The molecule has 0 aromatic carbocycles. The van der Waals surface area contributed by atoms with Crippen molar-refractivity contribution in [2.45, 2.75) is 44.8 Å². The molecular formula is C13H25NO2. The summed E-state index contributed by atoms with van der Waals surface area (Å²) >= 11 is 0. The molecule has 1 saturated heterocycles. The highest BCUT2D eigenvalue weighted by atomic mass is 16.3. The molecular weight excluding hydrogens is 202 g/mol. The minimum Gasteiger partial charge on any atom is -0.393 e. The van der Waals surface area contributed by atoms with Crippen LogP contribution in [0.3, 0.4) is 0 Å². The van der Waals surface area contributed by atoms with Crippen LogP contribution in [0.15, 0.2) is 12.7 Å². The van der Waals surface area contributed by atoms with E-state index in [-0.39, 0.29) is 12.2 Å². The Morgan fingerprint density at radius 1 is 1.50 bits per heavy atom. The summed E-state index contributed by atoms with van der Waals surface area (Å²) in [4.78, 5) is 2.27. The van der Waals surface area contributed by atoms with Crippen molar-refractivity contribution in [2.24, 2.45) is 5.92 Å². The number of aliphatic hydroxyl groups excluding tert-OH is 2. The van der Waals surface area contributed by atoms with Crippen LogP contribution in [0.5, 0.6) is 0 Å². The third-order valence-corrected chi connectivity index (χ3v) is 3.40. The van der Waals surface area contributed by atoms with E-state index in [0.29, 0.717) is 5.92 Å². The molecule has 1 fully saturated rings. The van der Waals surface area contributed by atoms with Crippen molar-refractivity contribution in [1.82, 2.24) is 4.90 Å². The quantitative estimate of drug-likeness (QED) is 0.674. The molecule has 0 amide bonds. The molecule has 3 nitrogen and oxygen atoms in total. The van der Waals surface area contributed by atoms with E-state index < -0.39 is 0 Å². The summed E-state index contributed by atoms with van der Waals surface area (Å²) in [6, 6.07) is 0. The topological polar surface area (TPSA) is 43.7 Å². The fraction of sp³-hybridized carbons (Fsp3) is 0.846. The van der Waals surface area contributed by atoms with Gasteiger partial charge in [0.15, 0.2) is 0 Å². The molecule has 0 bridgehead atoms. The van der Waals surface area contributed by atoms with Crippen LogP contribution >= 0.6 is 0 Å². The van der Waals surface area contributed by atoms with Crippen molar-refractivity contribution in [3.8, 4) is 0 Å². The average molecular weight is 227 g/mol. The van der Waals surface area contributed by atoms with Gasteiger partial charge in [0.05, 0.1) is 12.2 Å². The van der Waals surface area contributed by atoms with Crippen LogP contribution in [0.4, 0.5) is 0 Å². The summed E-state index contributed by atoms with van der Waals surface area (Å²) in [5.74, 6) is 0.375. The Morgan fingerprint density at radius 3 is 2.88 bits per heavy atom. The van der Waals surface area contributed by atoms with Crippen LogP contribution in [0.25, 0.3) is 0 Å². The van der Waals surface area contributed by atoms with Crippen LogP contribution in [0.2, 0.25) is 0 Å². The molecule has 2 N–H and O–H groups in total. The second-order valence-corrected chi connectivity index (χ2v) is 4.92. The third-order valence-electron chi connectivity index (χ3n) is 3.40. The van der Waals surface area contributed by atoms with E-state index in [2.05, 4.69) is 11.5 Å². The Hall–Kier alpha value is -0.380. The van der Waals surface area contributed by atoms with Crippen molar-refractivity contribution < 1.29 is 10.2 Å². The first-order valence-corrected chi connectivity index (χ1v) is 6.33. The summed E-state index contributed by atoms with van der Waals surface area (Å²) in [6.45, 7) is 8.22. The van der Waals surface area contributed by atoms with Gasteiger partial charge in [0.1, 0.15) is 0 Å². The fourth-order valence-corrected chi connectivity index (χ4v) is 2.35.